The van der Waals surface area contributed by atoms with Crippen LogP contribution in [0.5, 0.6) is 0 Å². The summed E-state index contributed by atoms with van der Waals surface area (Å²) >= 11 is 0. The fourth-order valence-electron chi connectivity index (χ4n) is 1.88. The number of aromatic nitrogens is 1. The Bertz CT molecular complexity index is 348. The highest BCUT2D eigenvalue weighted by molar-refractivity contribution is 5.44. The first-order valence-electron chi connectivity index (χ1n) is 5.29. The molecule has 1 saturated heterocycles. The lowest BCUT2D eigenvalue weighted by atomic mass is 10.3. The molecule has 82 valence electrons. The van der Waals surface area contributed by atoms with Gasteiger partial charge in [0.1, 0.15) is 0 Å². The standard InChI is InChI=1S/C11H16FN3/c1-9-7-10(8-13-11(9)12)14(2)15-5-3-4-6-15/h7-8H,3-6H2,1-2H3. The van der Waals surface area contributed by atoms with Gasteiger partial charge in [-0.15, -0.1) is 0 Å². The summed E-state index contributed by atoms with van der Waals surface area (Å²) in [7, 11) is 2.00. The SMILES string of the molecule is Cc1cc(N(C)N2CCCC2)cnc1F. The van der Waals surface area contributed by atoms with Crippen LogP contribution in [0.2, 0.25) is 0 Å². The molecular formula is C11H16FN3. The highest BCUT2D eigenvalue weighted by Crippen LogP contribution is 2.19. The van der Waals surface area contributed by atoms with E-state index in [0.29, 0.717) is 5.56 Å². The Labute approximate surface area is 89.5 Å². The number of hydrogen-bond acceptors (Lipinski definition) is 3. The quantitative estimate of drug-likeness (QED) is 0.694. The predicted octanol–water partition coefficient (Wildman–Crippen LogP) is 1.98. The minimum Gasteiger partial charge on any atom is -0.307 e. The lowest BCUT2D eigenvalue weighted by Crippen LogP contribution is -2.37. The van der Waals surface area contributed by atoms with E-state index in [1.165, 1.54) is 12.8 Å². The third-order valence-electron chi connectivity index (χ3n) is 2.88. The summed E-state index contributed by atoms with van der Waals surface area (Å²) in [6.45, 7) is 3.89. The van der Waals surface area contributed by atoms with Gasteiger partial charge in [0.05, 0.1) is 11.9 Å². The van der Waals surface area contributed by atoms with E-state index in [0.717, 1.165) is 18.8 Å². The van der Waals surface area contributed by atoms with Gasteiger partial charge in [0, 0.05) is 25.7 Å². The molecule has 15 heavy (non-hydrogen) atoms. The number of hydrogen-bond donors (Lipinski definition) is 0. The number of hydrazine groups is 1. The van der Waals surface area contributed by atoms with Crippen LogP contribution in [0.15, 0.2) is 12.3 Å². The maximum Gasteiger partial charge on any atom is 0.215 e. The number of nitrogens with zero attached hydrogens (tertiary/aromatic N) is 3. The molecule has 0 spiro atoms. The minimum atomic E-state index is -0.381. The zero-order valence-electron chi connectivity index (χ0n) is 9.20. The van der Waals surface area contributed by atoms with Gasteiger partial charge in [0.15, 0.2) is 0 Å². The molecule has 0 N–H and O–H groups in total. The van der Waals surface area contributed by atoms with Gasteiger partial charge in [-0.3, -0.25) is 0 Å². The van der Waals surface area contributed by atoms with Crippen LogP contribution in [-0.4, -0.2) is 30.1 Å². The smallest absolute Gasteiger partial charge is 0.215 e. The Morgan fingerprint density at radius 3 is 2.67 bits per heavy atom. The zero-order valence-corrected chi connectivity index (χ0v) is 9.20. The van der Waals surface area contributed by atoms with Crippen molar-refractivity contribution in [2.75, 3.05) is 25.1 Å². The van der Waals surface area contributed by atoms with Gasteiger partial charge in [-0.1, -0.05) is 0 Å². The van der Waals surface area contributed by atoms with Gasteiger partial charge in [0.25, 0.3) is 0 Å². The van der Waals surface area contributed by atoms with Gasteiger partial charge in [-0.2, -0.15) is 4.39 Å². The van der Waals surface area contributed by atoms with E-state index in [1.807, 2.05) is 13.1 Å². The molecule has 1 aliphatic rings. The van der Waals surface area contributed by atoms with Crippen molar-refractivity contribution in [3.8, 4) is 0 Å². The first kappa shape index (κ1) is 10.4. The Morgan fingerprint density at radius 1 is 1.40 bits per heavy atom. The number of rotatable bonds is 2. The summed E-state index contributed by atoms with van der Waals surface area (Å²) in [5, 5.41) is 4.32. The largest absolute Gasteiger partial charge is 0.307 e. The predicted molar refractivity (Wildman–Crippen MR) is 58.1 cm³/mol. The van der Waals surface area contributed by atoms with Crippen LogP contribution in [0.3, 0.4) is 0 Å². The molecule has 0 amide bonds. The molecule has 0 aromatic carbocycles. The molecule has 1 aliphatic heterocycles. The summed E-state index contributed by atoms with van der Waals surface area (Å²) in [5.74, 6) is -0.381. The molecule has 0 unspecified atom stereocenters. The average molecular weight is 209 g/mol. The maximum absolute atomic E-state index is 13.0. The molecule has 4 heteroatoms. The summed E-state index contributed by atoms with van der Waals surface area (Å²) in [6.07, 6.45) is 4.05. The van der Waals surface area contributed by atoms with Crippen molar-refractivity contribution in [3.63, 3.8) is 0 Å². The fourth-order valence-corrected chi connectivity index (χ4v) is 1.88. The highest BCUT2D eigenvalue weighted by Gasteiger charge is 2.17. The second-order valence-electron chi connectivity index (χ2n) is 3.99. The summed E-state index contributed by atoms with van der Waals surface area (Å²) in [4.78, 5) is 3.74. The van der Waals surface area contributed by atoms with Gasteiger partial charge in [0.2, 0.25) is 5.95 Å². The number of aryl methyl sites for hydroxylation is 1. The van der Waals surface area contributed by atoms with Crippen molar-refractivity contribution in [1.82, 2.24) is 9.99 Å². The van der Waals surface area contributed by atoms with Crippen molar-refractivity contribution in [1.29, 1.82) is 0 Å². The molecule has 0 aliphatic carbocycles. The van der Waals surface area contributed by atoms with E-state index in [1.54, 1.807) is 13.1 Å². The second-order valence-corrected chi connectivity index (χ2v) is 3.99. The third kappa shape index (κ3) is 2.09. The number of pyridine rings is 1. The first-order chi connectivity index (χ1) is 7.18. The molecular weight excluding hydrogens is 193 g/mol. The molecule has 2 rings (SSSR count). The summed E-state index contributed by atoms with van der Waals surface area (Å²) < 4.78 is 13.0. The Balaban J connectivity index is 2.17. The molecule has 3 nitrogen and oxygen atoms in total. The van der Waals surface area contributed by atoms with Gasteiger partial charge in [-0.05, 0) is 25.8 Å². The third-order valence-corrected chi connectivity index (χ3v) is 2.88. The number of halogens is 1. The molecule has 0 bridgehead atoms. The average Bonchev–Trinajstić information content (AvgIpc) is 2.74. The van der Waals surface area contributed by atoms with Gasteiger partial charge in [-0.25, -0.2) is 9.99 Å². The van der Waals surface area contributed by atoms with E-state index in [4.69, 9.17) is 0 Å². The van der Waals surface area contributed by atoms with Crippen LogP contribution in [0.25, 0.3) is 0 Å². The molecule has 2 heterocycles. The van der Waals surface area contributed by atoms with E-state index in [9.17, 15) is 4.39 Å². The lowest BCUT2D eigenvalue weighted by Gasteiger charge is -2.29. The monoisotopic (exact) mass is 209 g/mol. The van der Waals surface area contributed by atoms with Crippen LogP contribution in [0, 0.1) is 12.9 Å². The van der Waals surface area contributed by atoms with Crippen LogP contribution in [-0.2, 0) is 0 Å². The van der Waals surface area contributed by atoms with Gasteiger partial charge < -0.3 is 5.01 Å². The summed E-state index contributed by atoms with van der Waals surface area (Å²) in [6, 6.07) is 1.83. The fraction of sp³-hybridized carbons (Fsp3) is 0.545. The normalized spacial score (nSPS) is 17.0. The van der Waals surface area contributed by atoms with E-state index < -0.39 is 0 Å². The number of anilines is 1. The highest BCUT2D eigenvalue weighted by atomic mass is 19.1. The summed E-state index contributed by atoms with van der Waals surface area (Å²) in [5.41, 5.74) is 1.55. The Morgan fingerprint density at radius 2 is 2.07 bits per heavy atom. The van der Waals surface area contributed by atoms with Crippen molar-refractivity contribution < 1.29 is 4.39 Å². The van der Waals surface area contributed by atoms with Crippen LogP contribution in [0.1, 0.15) is 18.4 Å². The van der Waals surface area contributed by atoms with E-state index >= 15 is 0 Å². The van der Waals surface area contributed by atoms with Crippen molar-refractivity contribution >= 4 is 5.69 Å². The van der Waals surface area contributed by atoms with Gasteiger partial charge >= 0.3 is 0 Å². The molecule has 1 fully saturated rings. The first-order valence-corrected chi connectivity index (χ1v) is 5.29. The topological polar surface area (TPSA) is 19.4 Å². The van der Waals surface area contributed by atoms with Crippen molar-refractivity contribution in [2.24, 2.45) is 0 Å². The molecule has 1 aromatic rings. The lowest BCUT2D eigenvalue weighted by molar-refractivity contribution is 0.328. The van der Waals surface area contributed by atoms with E-state index in [2.05, 4.69) is 15.0 Å². The minimum absolute atomic E-state index is 0.381. The van der Waals surface area contributed by atoms with E-state index in [-0.39, 0.29) is 5.95 Å². The maximum atomic E-state index is 13.0. The van der Waals surface area contributed by atoms with Crippen LogP contribution < -0.4 is 5.01 Å². The molecule has 1 aromatic heterocycles. The second kappa shape index (κ2) is 4.14. The van der Waals surface area contributed by atoms with Crippen molar-refractivity contribution in [2.45, 2.75) is 19.8 Å². The van der Waals surface area contributed by atoms with Crippen molar-refractivity contribution in [3.05, 3.63) is 23.8 Å². The zero-order chi connectivity index (χ0) is 10.8. The molecule has 0 atom stereocenters. The Hall–Kier alpha value is -1.16. The Kier molecular flexibility index (Phi) is 2.86. The molecule has 0 saturated carbocycles. The van der Waals surface area contributed by atoms with Crippen LogP contribution in [0.4, 0.5) is 10.1 Å². The molecule has 0 radical (unpaired) electrons. The van der Waals surface area contributed by atoms with Crippen LogP contribution >= 0.6 is 0 Å².